The lowest BCUT2D eigenvalue weighted by Gasteiger charge is -2.19. The van der Waals surface area contributed by atoms with E-state index >= 15 is 0 Å². The Hall–Kier alpha value is -2.11. The molecule has 2 rings (SSSR count). The molecule has 0 saturated carbocycles. The first kappa shape index (κ1) is 15.3. The molecule has 0 aliphatic heterocycles. The van der Waals surface area contributed by atoms with E-state index in [2.05, 4.69) is 5.43 Å². The number of halogens is 1. The van der Waals surface area contributed by atoms with Crippen molar-refractivity contribution in [2.75, 3.05) is 14.2 Å². The van der Waals surface area contributed by atoms with E-state index in [1.807, 2.05) is 13.0 Å². The second-order valence-corrected chi connectivity index (χ2v) is 4.74. The van der Waals surface area contributed by atoms with Gasteiger partial charge in [0.1, 0.15) is 5.82 Å². The van der Waals surface area contributed by atoms with Crippen LogP contribution in [-0.4, -0.2) is 14.2 Å². The molecule has 2 aromatic rings. The van der Waals surface area contributed by atoms with Crippen LogP contribution in [0.25, 0.3) is 0 Å². The third kappa shape index (κ3) is 3.15. The Morgan fingerprint density at radius 3 is 2.38 bits per heavy atom. The lowest BCUT2D eigenvalue weighted by molar-refractivity contribution is 0.354. The number of hydrogen-bond donors (Lipinski definition) is 2. The first-order valence-electron chi connectivity index (χ1n) is 6.54. The first-order chi connectivity index (χ1) is 10.1. The van der Waals surface area contributed by atoms with Gasteiger partial charge in [0.25, 0.3) is 0 Å². The molecule has 1 unspecified atom stereocenters. The largest absolute Gasteiger partial charge is 0.493 e. The molecule has 1 atom stereocenters. The topological polar surface area (TPSA) is 56.5 Å². The summed E-state index contributed by atoms with van der Waals surface area (Å²) in [5.41, 5.74) is 4.90. The molecule has 4 nitrogen and oxygen atoms in total. The smallest absolute Gasteiger partial charge is 0.161 e. The highest BCUT2D eigenvalue weighted by Crippen LogP contribution is 2.32. The lowest BCUT2D eigenvalue weighted by Crippen LogP contribution is -2.29. The van der Waals surface area contributed by atoms with Gasteiger partial charge in [-0.05, 0) is 30.7 Å². The molecule has 0 spiro atoms. The summed E-state index contributed by atoms with van der Waals surface area (Å²) in [7, 11) is 3.12. The Morgan fingerprint density at radius 1 is 1.05 bits per heavy atom. The summed E-state index contributed by atoms with van der Waals surface area (Å²) in [5.74, 6) is 6.51. The van der Waals surface area contributed by atoms with Gasteiger partial charge in [0.05, 0.1) is 20.3 Å². The molecule has 2 aromatic carbocycles. The molecule has 0 amide bonds. The van der Waals surface area contributed by atoms with Crippen molar-refractivity contribution in [2.24, 2.45) is 5.84 Å². The average molecular weight is 290 g/mol. The van der Waals surface area contributed by atoms with E-state index in [4.69, 9.17) is 15.3 Å². The van der Waals surface area contributed by atoms with Gasteiger partial charge in [0.2, 0.25) is 0 Å². The van der Waals surface area contributed by atoms with Crippen molar-refractivity contribution in [1.29, 1.82) is 0 Å². The van der Waals surface area contributed by atoms with Crippen LogP contribution in [0.4, 0.5) is 4.39 Å². The van der Waals surface area contributed by atoms with Crippen LogP contribution < -0.4 is 20.7 Å². The Kier molecular flexibility index (Phi) is 4.77. The van der Waals surface area contributed by atoms with E-state index in [0.717, 1.165) is 11.1 Å². The molecule has 0 bridgehead atoms. The van der Waals surface area contributed by atoms with Crippen molar-refractivity contribution in [3.63, 3.8) is 0 Å². The summed E-state index contributed by atoms with van der Waals surface area (Å²) in [6, 6.07) is 9.85. The second kappa shape index (κ2) is 6.56. The molecule has 0 aliphatic rings. The number of hydrogen-bond acceptors (Lipinski definition) is 4. The number of ether oxygens (including phenoxy) is 2. The highest BCUT2D eigenvalue weighted by atomic mass is 19.1. The predicted molar refractivity (Wildman–Crippen MR) is 79.8 cm³/mol. The molecular formula is C16H19FN2O2. The van der Waals surface area contributed by atoms with Crippen LogP contribution in [0.5, 0.6) is 11.5 Å². The van der Waals surface area contributed by atoms with Gasteiger partial charge in [-0.1, -0.05) is 23.8 Å². The zero-order chi connectivity index (χ0) is 15.4. The SMILES string of the molecule is COc1ccc(C(NN)c2cc(C)ccc2F)cc1OC. The van der Waals surface area contributed by atoms with E-state index in [-0.39, 0.29) is 5.82 Å². The minimum atomic E-state index is -0.468. The second-order valence-electron chi connectivity index (χ2n) is 4.74. The van der Waals surface area contributed by atoms with Crippen LogP contribution in [0.2, 0.25) is 0 Å². The van der Waals surface area contributed by atoms with E-state index in [1.165, 1.54) is 6.07 Å². The predicted octanol–water partition coefficient (Wildman–Crippen LogP) is 2.70. The summed E-state index contributed by atoms with van der Waals surface area (Å²) in [6.07, 6.45) is 0. The number of aryl methyl sites for hydroxylation is 1. The van der Waals surface area contributed by atoms with E-state index in [0.29, 0.717) is 17.1 Å². The maximum absolute atomic E-state index is 14.1. The highest BCUT2D eigenvalue weighted by Gasteiger charge is 2.18. The summed E-state index contributed by atoms with van der Waals surface area (Å²) >= 11 is 0. The Morgan fingerprint density at radius 2 is 1.76 bits per heavy atom. The van der Waals surface area contributed by atoms with Gasteiger partial charge in [0.15, 0.2) is 11.5 Å². The number of nitrogens with two attached hydrogens (primary N) is 1. The van der Waals surface area contributed by atoms with Gasteiger partial charge in [-0.2, -0.15) is 0 Å². The first-order valence-corrected chi connectivity index (χ1v) is 6.54. The molecule has 112 valence electrons. The van der Waals surface area contributed by atoms with Crippen molar-refractivity contribution < 1.29 is 13.9 Å². The van der Waals surface area contributed by atoms with Gasteiger partial charge in [-0.3, -0.25) is 5.84 Å². The third-order valence-corrected chi connectivity index (χ3v) is 3.37. The number of hydrazine groups is 1. The highest BCUT2D eigenvalue weighted by molar-refractivity contribution is 5.46. The van der Waals surface area contributed by atoms with E-state index in [9.17, 15) is 4.39 Å². The fourth-order valence-corrected chi connectivity index (χ4v) is 2.28. The normalized spacial score (nSPS) is 12.0. The van der Waals surface area contributed by atoms with Crippen LogP contribution in [0.15, 0.2) is 36.4 Å². The van der Waals surface area contributed by atoms with Crippen LogP contribution >= 0.6 is 0 Å². The molecular weight excluding hydrogens is 271 g/mol. The number of nitrogens with one attached hydrogen (secondary N) is 1. The number of rotatable bonds is 5. The fraction of sp³-hybridized carbons (Fsp3) is 0.250. The lowest BCUT2D eigenvalue weighted by atomic mass is 9.97. The third-order valence-electron chi connectivity index (χ3n) is 3.37. The molecule has 0 aromatic heterocycles. The molecule has 5 heteroatoms. The molecule has 0 fully saturated rings. The summed E-state index contributed by atoms with van der Waals surface area (Å²) in [6.45, 7) is 1.91. The van der Waals surface area contributed by atoms with Crippen LogP contribution in [0.3, 0.4) is 0 Å². The van der Waals surface area contributed by atoms with Crippen molar-refractivity contribution in [3.8, 4) is 11.5 Å². The zero-order valence-electron chi connectivity index (χ0n) is 12.3. The maximum atomic E-state index is 14.1. The Balaban J connectivity index is 2.48. The fourth-order valence-electron chi connectivity index (χ4n) is 2.28. The monoisotopic (exact) mass is 290 g/mol. The average Bonchev–Trinajstić information content (AvgIpc) is 2.51. The minimum Gasteiger partial charge on any atom is -0.493 e. The molecule has 3 N–H and O–H groups in total. The number of methoxy groups -OCH3 is 2. The van der Waals surface area contributed by atoms with Gasteiger partial charge in [-0.15, -0.1) is 0 Å². The van der Waals surface area contributed by atoms with E-state index < -0.39 is 6.04 Å². The molecule has 0 heterocycles. The van der Waals surface area contributed by atoms with Crippen LogP contribution in [-0.2, 0) is 0 Å². The summed E-state index contributed by atoms with van der Waals surface area (Å²) < 4.78 is 24.5. The van der Waals surface area contributed by atoms with Gasteiger partial charge in [-0.25, -0.2) is 9.82 Å². The quantitative estimate of drug-likeness (QED) is 0.656. The molecule has 0 saturated heterocycles. The Bertz CT molecular complexity index is 632. The molecule has 0 aliphatic carbocycles. The zero-order valence-corrected chi connectivity index (χ0v) is 12.3. The minimum absolute atomic E-state index is 0.307. The van der Waals surface area contributed by atoms with Crippen LogP contribution in [0, 0.1) is 12.7 Å². The maximum Gasteiger partial charge on any atom is 0.161 e. The van der Waals surface area contributed by atoms with Crippen LogP contribution in [0.1, 0.15) is 22.7 Å². The van der Waals surface area contributed by atoms with E-state index in [1.54, 1.807) is 38.5 Å². The van der Waals surface area contributed by atoms with Crippen molar-refractivity contribution >= 4 is 0 Å². The number of benzene rings is 2. The van der Waals surface area contributed by atoms with Crippen molar-refractivity contribution in [1.82, 2.24) is 5.43 Å². The standard InChI is InChI=1S/C16H19FN2O2/c1-10-4-6-13(17)12(8-10)16(19-18)11-5-7-14(20-2)15(9-11)21-3/h4-9,16,19H,18H2,1-3H3. The summed E-state index contributed by atoms with van der Waals surface area (Å²) in [4.78, 5) is 0. The Labute approximate surface area is 123 Å². The van der Waals surface area contributed by atoms with Gasteiger partial charge in [0, 0.05) is 5.56 Å². The molecule has 0 radical (unpaired) electrons. The van der Waals surface area contributed by atoms with Crippen molar-refractivity contribution in [3.05, 3.63) is 58.9 Å². The van der Waals surface area contributed by atoms with Gasteiger partial charge < -0.3 is 9.47 Å². The summed E-state index contributed by atoms with van der Waals surface area (Å²) in [5, 5.41) is 0. The molecule has 21 heavy (non-hydrogen) atoms. The van der Waals surface area contributed by atoms with Crippen molar-refractivity contribution in [2.45, 2.75) is 13.0 Å². The van der Waals surface area contributed by atoms with Gasteiger partial charge >= 0.3 is 0 Å².